The normalized spacial score (nSPS) is 21.0. The molecular weight excluding hydrogens is 312 g/mol. The number of hydrogen-bond donors (Lipinski definition) is 2. The maximum Gasteiger partial charge on any atom is 0.231 e. The van der Waals surface area contributed by atoms with Crippen molar-refractivity contribution in [3.05, 3.63) is 35.2 Å². The van der Waals surface area contributed by atoms with Gasteiger partial charge < -0.3 is 5.32 Å². The monoisotopic (exact) mass is 326 g/mol. The van der Waals surface area contributed by atoms with E-state index in [-0.39, 0.29) is 18.3 Å². The van der Waals surface area contributed by atoms with E-state index in [4.69, 9.17) is 10.7 Å². The number of rotatable bonds is 2. The molecule has 2 aromatic heterocycles. The Morgan fingerprint density at radius 2 is 2.26 bits per heavy atom. The lowest BCUT2D eigenvalue weighted by molar-refractivity contribution is -0.129. The van der Waals surface area contributed by atoms with Gasteiger partial charge in [0.15, 0.2) is 5.96 Å². The van der Waals surface area contributed by atoms with Gasteiger partial charge >= 0.3 is 0 Å². The first-order chi connectivity index (χ1) is 10.9. The van der Waals surface area contributed by atoms with Crippen molar-refractivity contribution in [3.63, 3.8) is 0 Å². The Balaban J connectivity index is 1.94. The first-order valence-electron chi connectivity index (χ1n) is 6.88. The van der Waals surface area contributed by atoms with Crippen LogP contribution in [0.5, 0.6) is 0 Å². The molecule has 1 fully saturated rings. The molecule has 0 bridgehead atoms. The Morgan fingerprint density at radius 1 is 1.48 bits per heavy atom. The number of carbonyl (C=O) groups excluding carboxylic acids is 1. The lowest BCUT2D eigenvalue weighted by Crippen LogP contribution is -2.58. The summed E-state index contributed by atoms with van der Waals surface area (Å²) >= 11 is 1.43. The van der Waals surface area contributed by atoms with Crippen LogP contribution in [0, 0.1) is 16.7 Å². The van der Waals surface area contributed by atoms with E-state index in [1.54, 1.807) is 25.5 Å². The molecule has 2 aromatic rings. The Morgan fingerprint density at radius 3 is 2.96 bits per heavy atom. The summed E-state index contributed by atoms with van der Waals surface area (Å²) in [5, 5.41) is 20.6. The molecule has 1 aliphatic heterocycles. The zero-order valence-electron chi connectivity index (χ0n) is 12.6. The molecule has 0 aliphatic carbocycles. The zero-order valence-corrected chi connectivity index (χ0v) is 13.4. The Labute approximate surface area is 137 Å². The van der Waals surface area contributed by atoms with Gasteiger partial charge in [0.25, 0.3) is 0 Å². The largest absolute Gasteiger partial charge is 0.344 e. The topological polar surface area (TPSA) is 106 Å². The summed E-state index contributed by atoms with van der Waals surface area (Å²) in [7, 11) is 1.57. The first-order valence-corrected chi connectivity index (χ1v) is 7.70. The van der Waals surface area contributed by atoms with Crippen molar-refractivity contribution in [3.8, 4) is 16.5 Å². The molecule has 1 saturated heterocycles. The second-order valence-electron chi connectivity index (χ2n) is 5.54. The zero-order chi connectivity index (χ0) is 16.6. The number of nitrogens with one attached hydrogen (secondary N) is 2. The molecule has 8 heteroatoms. The van der Waals surface area contributed by atoms with Gasteiger partial charge in [-0.15, -0.1) is 11.3 Å². The fourth-order valence-electron chi connectivity index (χ4n) is 2.36. The van der Waals surface area contributed by atoms with Crippen molar-refractivity contribution < 1.29 is 4.79 Å². The van der Waals surface area contributed by atoms with E-state index >= 15 is 0 Å². The average Bonchev–Trinajstić information content (AvgIpc) is 3.03. The van der Waals surface area contributed by atoms with Crippen molar-refractivity contribution >= 4 is 23.2 Å². The van der Waals surface area contributed by atoms with Gasteiger partial charge in [0, 0.05) is 31.2 Å². The van der Waals surface area contributed by atoms with E-state index in [1.165, 1.54) is 22.4 Å². The van der Waals surface area contributed by atoms with E-state index in [9.17, 15) is 4.79 Å². The van der Waals surface area contributed by atoms with Gasteiger partial charge in [0.1, 0.15) is 11.1 Å². The van der Waals surface area contributed by atoms with Crippen molar-refractivity contribution in [2.75, 3.05) is 7.05 Å². The van der Waals surface area contributed by atoms with E-state index in [0.29, 0.717) is 5.56 Å². The highest BCUT2D eigenvalue weighted by atomic mass is 32.1. The maximum atomic E-state index is 12.0. The highest BCUT2D eigenvalue weighted by Crippen LogP contribution is 2.35. The van der Waals surface area contributed by atoms with E-state index < -0.39 is 5.54 Å². The molecule has 116 valence electrons. The third-order valence-electron chi connectivity index (χ3n) is 3.74. The van der Waals surface area contributed by atoms with Crippen molar-refractivity contribution in [1.82, 2.24) is 20.2 Å². The molecule has 1 amide bonds. The standard InChI is InChI=1S/C15H14N6OS/c1-15(4-12(22)21(2)14(17)20-15)13-19-8-11(23-13)10-3-9(5-16)6-18-7-10/h3,6-8H,4H2,1-2H3,(H2,17,20)/t15-/m0/s1. The Kier molecular flexibility index (Phi) is 3.58. The maximum absolute atomic E-state index is 12.0. The number of thiazole rings is 1. The summed E-state index contributed by atoms with van der Waals surface area (Å²) in [6.45, 7) is 1.86. The van der Waals surface area contributed by atoms with E-state index in [2.05, 4.69) is 21.4 Å². The predicted molar refractivity (Wildman–Crippen MR) is 85.7 cm³/mol. The van der Waals surface area contributed by atoms with Crippen LogP contribution < -0.4 is 5.32 Å². The van der Waals surface area contributed by atoms with Crippen LogP contribution in [-0.4, -0.2) is 33.8 Å². The molecule has 0 aromatic carbocycles. The van der Waals surface area contributed by atoms with E-state index in [0.717, 1.165) is 15.4 Å². The molecule has 1 aliphatic rings. The molecule has 0 radical (unpaired) electrons. The molecule has 23 heavy (non-hydrogen) atoms. The minimum absolute atomic E-state index is 0.0636. The van der Waals surface area contributed by atoms with Crippen LogP contribution >= 0.6 is 11.3 Å². The quantitative estimate of drug-likeness (QED) is 0.873. The first kappa shape index (κ1) is 15.1. The number of hydrogen-bond acceptors (Lipinski definition) is 6. The molecule has 3 heterocycles. The van der Waals surface area contributed by atoms with Gasteiger partial charge in [-0.3, -0.25) is 20.1 Å². The van der Waals surface area contributed by atoms with Gasteiger partial charge in [-0.1, -0.05) is 0 Å². The second-order valence-corrected chi connectivity index (χ2v) is 6.57. The van der Waals surface area contributed by atoms with Crippen LogP contribution in [0.4, 0.5) is 0 Å². The number of aromatic nitrogens is 2. The summed E-state index contributed by atoms with van der Waals surface area (Å²) < 4.78 is 0. The molecule has 2 N–H and O–H groups in total. The summed E-state index contributed by atoms with van der Waals surface area (Å²) in [4.78, 5) is 22.7. The molecular formula is C15H14N6OS. The molecule has 1 atom stereocenters. The van der Waals surface area contributed by atoms with E-state index in [1.807, 2.05) is 6.92 Å². The molecule has 7 nitrogen and oxygen atoms in total. The fraction of sp³-hybridized carbons (Fsp3) is 0.267. The van der Waals surface area contributed by atoms with Gasteiger partial charge in [-0.05, 0) is 13.0 Å². The lowest BCUT2D eigenvalue weighted by Gasteiger charge is -2.37. The highest BCUT2D eigenvalue weighted by Gasteiger charge is 2.40. The van der Waals surface area contributed by atoms with Crippen LogP contribution in [0.2, 0.25) is 0 Å². The minimum Gasteiger partial charge on any atom is -0.344 e. The van der Waals surface area contributed by atoms with Gasteiger partial charge in [-0.25, -0.2) is 4.98 Å². The van der Waals surface area contributed by atoms with Gasteiger partial charge in [0.05, 0.1) is 22.4 Å². The van der Waals surface area contributed by atoms with Crippen LogP contribution in [0.25, 0.3) is 10.4 Å². The van der Waals surface area contributed by atoms with Crippen molar-refractivity contribution in [2.45, 2.75) is 18.9 Å². The SMILES string of the molecule is CN1C(=N)N[C@](C)(c2ncc(-c3cncc(C#N)c3)s2)CC1=O. The van der Waals surface area contributed by atoms with Crippen LogP contribution in [0.1, 0.15) is 23.9 Å². The fourth-order valence-corrected chi connectivity index (χ4v) is 3.36. The smallest absolute Gasteiger partial charge is 0.231 e. The molecule has 3 rings (SSSR count). The summed E-state index contributed by atoms with van der Waals surface area (Å²) in [5.41, 5.74) is 0.591. The molecule has 0 unspecified atom stereocenters. The number of nitriles is 1. The summed E-state index contributed by atoms with van der Waals surface area (Å²) in [6.07, 6.45) is 5.12. The van der Waals surface area contributed by atoms with Crippen molar-refractivity contribution in [1.29, 1.82) is 10.7 Å². The highest BCUT2D eigenvalue weighted by molar-refractivity contribution is 7.15. The second kappa shape index (κ2) is 5.44. The van der Waals surface area contributed by atoms with Gasteiger partial charge in [-0.2, -0.15) is 5.26 Å². The number of amides is 1. The number of nitrogens with zero attached hydrogens (tertiary/aromatic N) is 4. The number of guanidine groups is 1. The van der Waals surface area contributed by atoms with Crippen LogP contribution in [0.3, 0.4) is 0 Å². The van der Waals surface area contributed by atoms with Gasteiger partial charge in [0.2, 0.25) is 5.91 Å². The average molecular weight is 326 g/mol. The van der Waals surface area contributed by atoms with Crippen LogP contribution in [0.15, 0.2) is 24.7 Å². The molecule has 0 saturated carbocycles. The number of pyridine rings is 1. The molecule has 0 spiro atoms. The predicted octanol–water partition coefficient (Wildman–Crippen LogP) is 1.68. The summed E-state index contributed by atoms with van der Waals surface area (Å²) in [6, 6.07) is 3.81. The minimum atomic E-state index is -0.705. The summed E-state index contributed by atoms with van der Waals surface area (Å²) in [5.74, 6) is -0.0604. The third kappa shape index (κ3) is 2.66. The Hall–Kier alpha value is -2.79. The Bertz CT molecular complexity index is 818. The lowest BCUT2D eigenvalue weighted by atomic mass is 9.96. The van der Waals surface area contributed by atoms with Crippen LogP contribution in [-0.2, 0) is 10.3 Å². The third-order valence-corrected chi connectivity index (χ3v) is 5.05. The van der Waals surface area contributed by atoms with Crippen molar-refractivity contribution in [2.24, 2.45) is 0 Å². The number of carbonyl (C=O) groups is 1.